The van der Waals surface area contributed by atoms with Crippen molar-refractivity contribution in [2.45, 2.75) is 57.3 Å². The molecule has 0 spiro atoms. The second-order valence-electron chi connectivity index (χ2n) is 6.37. The van der Waals surface area contributed by atoms with Gasteiger partial charge in [0, 0.05) is 12.8 Å². The summed E-state index contributed by atoms with van der Waals surface area (Å²) in [5.74, 6) is -2.04. The normalized spacial score (nSPS) is 22.0. The van der Waals surface area contributed by atoms with Crippen LogP contribution in [0.15, 0.2) is 18.2 Å². The maximum absolute atomic E-state index is 13.3. The lowest BCUT2D eigenvalue weighted by molar-refractivity contribution is -0.135. The molecule has 2 aliphatic rings. The Morgan fingerprint density at radius 2 is 1.86 bits per heavy atom. The maximum Gasteiger partial charge on any atom is 0.314 e. The molecule has 0 radical (unpaired) electrons. The summed E-state index contributed by atoms with van der Waals surface area (Å²) in [6.07, 6.45) is 2.53. The highest BCUT2D eigenvalue weighted by Crippen LogP contribution is 2.44. The standard InChI is InChI=1S/C17H20F2O2/c1-11-2-5-14(12-6-8-17(18,19)9-7-12)15(10-11)21-16(20)13-3-4-13/h2,5,10,12-13H,3-4,6-9H2,1H3. The number of ether oxygens (including phenoxy) is 1. The number of rotatable bonds is 3. The Balaban J connectivity index is 1.79. The minimum atomic E-state index is -2.54. The van der Waals surface area contributed by atoms with Gasteiger partial charge in [-0.2, -0.15) is 0 Å². The van der Waals surface area contributed by atoms with Gasteiger partial charge in [-0.3, -0.25) is 4.79 Å². The number of carbonyl (C=O) groups excluding carboxylic acids is 1. The Bertz CT molecular complexity index is 540. The zero-order valence-electron chi connectivity index (χ0n) is 12.2. The smallest absolute Gasteiger partial charge is 0.314 e. The van der Waals surface area contributed by atoms with Crippen LogP contribution in [0.5, 0.6) is 5.75 Å². The number of alkyl halides is 2. The third kappa shape index (κ3) is 3.42. The number of benzene rings is 1. The first-order valence-corrected chi connectivity index (χ1v) is 7.65. The zero-order chi connectivity index (χ0) is 15.0. The van der Waals surface area contributed by atoms with Gasteiger partial charge >= 0.3 is 5.97 Å². The quantitative estimate of drug-likeness (QED) is 0.601. The Morgan fingerprint density at radius 3 is 2.48 bits per heavy atom. The van der Waals surface area contributed by atoms with Gasteiger partial charge in [0.2, 0.25) is 5.92 Å². The third-order valence-electron chi connectivity index (χ3n) is 4.45. The monoisotopic (exact) mass is 294 g/mol. The van der Waals surface area contributed by atoms with Crippen LogP contribution in [0.3, 0.4) is 0 Å². The fraction of sp³-hybridized carbons (Fsp3) is 0.588. The van der Waals surface area contributed by atoms with Crippen molar-refractivity contribution in [1.29, 1.82) is 0 Å². The van der Waals surface area contributed by atoms with Crippen LogP contribution in [0.25, 0.3) is 0 Å². The largest absolute Gasteiger partial charge is 0.426 e. The highest BCUT2D eigenvalue weighted by Gasteiger charge is 2.37. The predicted octanol–water partition coefficient (Wildman–Crippen LogP) is 4.60. The molecule has 2 nitrogen and oxygen atoms in total. The maximum atomic E-state index is 13.3. The molecule has 1 aromatic rings. The molecule has 0 aliphatic heterocycles. The van der Waals surface area contributed by atoms with Gasteiger partial charge in [-0.1, -0.05) is 12.1 Å². The fourth-order valence-corrected chi connectivity index (χ4v) is 2.93. The molecule has 0 aromatic heterocycles. The van der Waals surface area contributed by atoms with Gasteiger partial charge in [0.1, 0.15) is 5.75 Å². The van der Waals surface area contributed by atoms with Crippen LogP contribution in [0.1, 0.15) is 55.6 Å². The average Bonchev–Trinajstić information content (AvgIpc) is 3.24. The van der Waals surface area contributed by atoms with E-state index in [4.69, 9.17) is 4.74 Å². The van der Waals surface area contributed by atoms with Crippen LogP contribution in [-0.4, -0.2) is 11.9 Å². The van der Waals surface area contributed by atoms with Crippen molar-refractivity contribution in [2.75, 3.05) is 0 Å². The van der Waals surface area contributed by atoms with E-state index in [0.717, 1.165) is 24.0 Å². The number of esters is 1. The molecule has 2 saturated carbocycles. The van der Waals surface area contributed by atoms with E-state index < -0.39 is 5.92 Å². The summed E-state index contributed by atoms with van der Waals surface area (Å²) in [5, 5.41) is 0. The van der Waals surface area contributed by atoms with Crippen molar-refractivity contribution >= 4 is 5.97 Å². The first kappa shape index (κ1) is 14.5. The van der Waals surface area contributed by atoms with Crippen LogP contribution in [-0.2, 0) is 4.79 Å². The van der Waals surface area contributed by atoms with Crippen molar-refractivity contribution in [3.8, 4) is 5.75 Å². The molecule has 0 bridgehead atoms. The van der Waals surface area contributed by atoms with Crippen LogP contribution in [0.4, 0.5) is 8.78 Å². The van der Waals surface area contributed by atoms with Crippen LogP contribution in [0, 0.1) is 12.8 Å². The summed E-state index contributed by atoms with van der Waals surface area (Å²) in [6, 6.07) is 5.73. The molecule has 0 amide bonds. The number of halogens is 2. The van der Waals surface area contributed by atoms with E-state index in [1.807, 2.05) is 25.1 Å². The van der Waals surface area contributed by atoms with E-state index in [0.29, 0.717) is 18.6 Å². The van der Waals surface area contributed by atoms with Crippen molar-refractivity contribution in [3.05, 3.63) is 29.3 Å². The molecule has 3 rings (SSSR count). The second kappa shape index (κ2) is 5.39. The lowest BCUT2D eigenvalue weighted by Crippen LogP contribution is -2.24. The van der Waals surface area contributed by atoms with Gasteiger partial charge in [0.15, 0.2) is 0 Å². The Kier molecular flexibility index (Phi) is 3.72. The van der Waals surface area contributed by atoms with Gasteiger partial charge in [0.05, 0.1) is 5.92 Å². The first-order chi connectivity index (χ1) is 9.94. The predicted molar refractivity (Wildman–Crippen MR) is 75.7 cm³/mol. The van der Waals surface area contributed by atoms with Crippen LogP contribution < -0.4 is 4.74 Å². The second-order valence-corrected chi connectivity index (χ2v) is 6.37. The first-order valence-electron chi connectivity index (χ1n) is 7.65. The third-order valence-corrected chi connectivity index (χ3v) is 4.45. The lowest BCUT2D eigenvalue weighted by Gasteiger charge is -2.29. The minimum Gasteiger partial charge on any atom is -0.426 e. The van der Waals surface area contributed by atoms with E-state index in [1.165, 1.54) is 0 Å². The summed E-state index contributed by atoms with van der Waals surface area (Å²) >= 11 is 0. The fourth-order valence-electron chi connectivity index (χ4n) is 2.93. The van der Waals surface area contributed by atoms with Crippen molar-refractivity contribution in [2.24, 2.45) is 5.92 Å². The highest BCUT2D eigenvalue weighted by molar-refractivity contribution is 5.77. The molecule has 21 heavy (non-hydrogen) atoms. The van der Waals surface area contributed by atoms with E-state index in [1.54, 1.807) is 0 Å². The molecule has 0 unspecified atom stereocenters. The number of aryl methyl sites for hydroxylation is 1. The number of hydrogen-bond acceptors (Lipinski definition) is 2. The number of carbonyl (C=O) groups is 1. The van der Waals surface area contributed by atoms with E-state index >= 15 is 0 Å². The molecule has 0 N–H and O–H groups in total. The molecule has 0 atom stereocenters. The number of hydrogen-bond donors (Lipinski definition) is 0. The molecule has 2 fully saturated rings. The zero-order valence-corrected chi connectivity index (χ0v) is 12.2. The van der Waals surface area contributed by atoms with Gasteiger partial charge in [-0.25, -0.2) is 8.78 Å². The molecule has 0 saturated heterocycles. The summed E-state index contributed by atoms with van der Waals surface area (Å²) in [6.45, 7) is 1.94. The molecule has 0 heterocycles. The average molecular weight is 294 g/mol. The van der Waals surface area contributed by atoms with Crippen molar-refractivity contribution in [3.63, 3.8) is 0 Å². The Labute approximate surface area is 123 Å². The topological polar surface area (TPSA) is 26.3 Å². The minimum absolute atomic E-state index is 0.0362. The lowest BCUT2D eigenvalue weighted by atomic mass is 9.81. The van der Waals surface area contributed by atoms with Crippen molar-refractivity contribution in [1.82, 2.24) is 0 Å². The summed E-state index contributed by atoms with van der Waals surface area (Å²) in [4.78, 5) is 11.9. The van der Waals surface area contributed by atoms with E-state index in [2.05, 4.69) is 0 Å². The van der Waals surface area contributed by atoms with Crippen molar-refractivity contribution < 1.29 is 18.3 Å². The Morgan fingerprint density at radius 1 is 1.19 bits per heavy atom. The summed E-state index contributed by atoms with van der Waals surface area (Å²) in [5.41, 5.74) is 1.92. The van der Waals surface area contributed by atoms with Gasteiger partial charge in [-0.15, -0.1) is 0 Å². The molecule has 114 valence electrons. The SMILES string of the molecule is Cc1ccc(C2CCC(F)(F)CC2)c(OC(=O)C2CC2)c1. The van der Waals surface area contributed by atoms with Gasteiger partial charge in [0.25, 0.3) is 0 Å². The molecular formula is C17H20F2O2. The Hall–Kier alpha value is -1.45. The van der Waals surface area contributed by atoms with Gasteiger partial charge in [-0.05, 0) is 55.7 Å². The van der Waals surface area contributed by atoms with Crippen LogP contribution >= 0.6 is 0 Å². The summed E-state index contributed by atoms with van der Waals surface area (Å²) < 4.78 is 32.1. The summed E-state index contributed by atoms with van der Waals surface area (Å²) in [7, 11) is 0. The highest BCUT2D eigenvalue weighted by atomic mass is 19.3. The molecule has 4 heteroatoms. The van der Waals surface area contributed by atoms with Gasteiger partial charge < -0.3 is 4.74 Å². The molecular weight excluding hydrogens is 274 g/mol. The van der Waals surface area contributed by atoms with E-state index in [9.17, 15) is 13.6 Å². The molecule has 1 aromatic carbocycles. The molecule has 2 aliphatic carbocycles. The van der Waals surface area contributed by atoms with Crippen LogP contribution in [0.2, 0.25) is 0 Å². The van der Waals surface area contributed by atoms with E-state index in [-0.39, 0.29) is 30.6 Å².